The van der Waals surface area contributed by atoms with Crippen LogP contribution in [0.3, 0.4) is 0 Å². The van der Waals surface area contributed by atoms with E-state index >= 15 is 0 Å². The Morgan fingerprint density at radius 2 is 2.22 bits per heavy atom. The van der Waals surface area contributed by atoms with Crippen LogP contribution < -0.4 is 14.8 Å². The van der Waals surface area contributed by atoms with Gasteiger partial charge in [0.15, 0.2) is 0 Å². The largest absolute Gasteiger partial charge is 0.495 e. The van der Waals surface area contributed by atoms with Gasteiger partial charge in [0, 0.05) is 34.2 Å². The first-order chi connectivity index (χ1) is 12.8. The first kappa shape index (κ1) is 22.6. The third-order valence-electron chi connectivity index (χ3n) is 3.86. The van der Waals surface area contributed by atoms with Gasteiger partial charge >= 0.3 is 0 Å². The average Bonchev–Trinajstić information content (AvgIpc) is 2.62. The van der Waals surface area contributed by atoms with Gasteiger partial charge in [-0.25, -0.2) is 13.1 Å². The summed E-state index contributed by atoms with van der Waals surface area (Å²) in [6.45, 7) is 0.509. The fourth-order valence-electron chi connectivity index (χ4n) is 2.48. The van der Waals surface area contributed by atoms with Gasteiger partial charge in [0.2, 0.25) is 15.9 Å². The van der Waals surface area contributed by atoms with Crippen molar-refractivity contribution >= 4 is 68.4 Å². The maximum Gasteiger partial charge on any atom is 0.245 e. The Kier molecular flexibility index (Phi) is 8.53. The zero-order valence-corrected chi connectivity index (χ0v) is 19.2. The fraction of sp³-hybridized carbons (Fsp3) is 0.438. The molecule has 2 N–H and O–H groups in total. The summed E-state index contributed by atoms with van der Waals surface area (Å²) in [6, 6.07) is 3.19. The van der Waals surface area contributed by atoms with E-state index in [1.165, 1.54) is 7.11 Å². The molecule has 0 radical (unpaired) electrons. The molecule has 1 aliphatic heterocycles. The standard InChI is InChI=1S/C16H21ClIN3O4S2/c1-25-15-8-12(17)13(18)9-14(15)19-10-16(22)21-4-2-11(3-5-21)20-27(23,24)7-6-26/h2,4,8-9,11,19-20,26H,3,5-7,10H2,1H3/t11-/m1/s1. The highest BCUT2D eigenvalue weighted by Crippen LogP contribution is 2.32. The average molecular weight is 546 g/mol. The lowest BCUT2D eigenvalue weighted by atomic mass is 10.1. The van der Waals surface area contributed by atoms with Crippen LogP contribution in [0.1, 0.15) is 6.42 Å². The van der Waals surface area contributed by atoms with Crippen LogP contribution >= 0.6 is 46.8 Å². The monoisotopic (exact) mass is 545 g/mol. The molecule has 0 aromatic heterocycles. The van der Waals surface area contributed by atoms with Crippen molar-refractivity contribution < 1.29 is 17.9 Å². The van der Waals surface area contributed by atoms with Gasteiger partial charge in [0.05, 0.1) is 30.1 Å². The van der Waals surface area contributed by atoms with Gasteiger partial charge in [-0.2, -0.15) is 12.6 Å². The number of carbonyl (C=O) groups is 1. The molecule has 1 atom stereocenters. The predicted octanol–water partition coefficient (Wildman–Crippen LogP) is 2.33. The van der Waals surface area contributed by atoms with E-state index in [0.29, 0.717) is 29.4 Å². The lowest BCUT2D eigenvalue weighted by Gasteiger charge is -2.27. The van der Waals surface area contributed by atoms with Gasteiger partial charge < -0.3 is 15.0 Å². The summed E-state index contributed by atoms with van der Waals surface area (Å²) in [4.78, 5) is 14.0. The minimum atomic E-state index is -3.35. The van der Waals surface area contributed by atoms with Crippen LogP contribution in [0.4, 0.5) is 5.69 Å². The minimum absolute atomic E-state index is 0.0330. The van der Waals surface area contributed by atoms with Crippen molar-refractivity contribution in [1.82, 2.24) is 9.62 Å². The number of thiol groups is 1. The molecule has 1 aliphatic rings. The molecule has 1 aromatic carbocycles. The number of ether oxygens (including phenoxy) is 1. The van der Waals surface area contributed by atoms with Gasteiger partial charge in [-0.3, -0.25) is 4.79 Å². The van der Waals surface area contributed by atoms with Crippen molar-refractivity contribution in [1.29, 1.82) is 0 Å². The number of nitrogens with one attached hydrogen (secondary N) is 2. The molecular weight excluding hydrogens is 525 g/mol. The highest BCUT2D eigenvalue weighted by molar-refractivity contribution is 14.1. The molecule has 0 fully saturated rings. The lowest BCUT2D eigenvalue weighted by molar-refractivity contribution is -0.127. The lowest BCUT2D eigenvalue weighted by Crippen LogP contribution is -2.42. The normalized spacial score (nSPS) is 17.0. The molecule has 0 saturated heterocycles. The van der Waals surface area contributed by atoms with Crippen molar-refractivity contribution in [2.45, 2.75) is 12.5 Å². The third-order valence-corrected chi connectivity index (χ3v) is 7.32. The van der Waals surface area contributed by atoms with Crippen molar-refractivity contribution in [3.8, 4) is 5.75 Å². The quantitative estimate of drug-likeness (QED) is 0.345. The number of hydrogen-bond acceptors (Lipinski definition) is 6. The summed E-state index contributed by atoms with van der Waals surface area (Å²) in [5.41, 5.74) is 0.679. The number of hydrogen-bond donors (Lipinski definition) is 3. The molecule has 0 aliphatic carbocycles. The molecule has 0 spiro atoms. The number of halogens is 2. The molecule has 1 aromatic rings. The van der Waals surface area contributed by atoms with Gasteiger partial charge in [-0.1, -0.05) is 17.7 Å². The summed E-state index contributed by atoms with van der Waals surface area (Å²) in [5, 5.41) is 3.64. The summed E-state index contributed by atoms with van der Waals surface area (Å²) in [6.07, 6.45) is 3.81. The Bertz CT molecular complexity index is 820. The summed E-state index contributed by atoms with van der Waals surface area (Å²) < 4.78 is 32.3. The van der Waals surface area contributed by atoms with Crippen LogP contribution in [-0.4, -0.2) is 57.0 Å². The van der Waals surface area contributed by atoms with Crippen LogP contribution in [0, 0.1) is 3.57 Å². The van der Waals surface area contributed by atoms with E-state index < -0.39 is 10.0 Å². The Labute approximate surface area is 183 Å². The first-order valence-corrected chi connectivity index (χ1v) is 11.9. The number of anilines is 1. The fourth-order valence-corrected chi connectivity index (χ4v) is 4.84. The number of carbonyl (C=O) groups excluding carboxylic acids is 1. The third kappa shape index (κ3) is 6.70. The van der Waals surface area contributed by atoms with Crippen LogP contribution in [0.15, 0.2) is 24.4 Å². The molecule has 2 rings (SSSR count). The van der Waals surface area contributed by atoms with Crippen LogP contribution in [-0.2, 0) is 14.8 Å². The molecule has 0 bridgehead atoms. The van der Waals surface area contributed by atoms with Gasteiger partial charge in [-0.05, 0) is 35.1 Å². The zero-order valence-electron chi connectivity index (χ0n) is 14.6. The second-order valence-corrected chi connectivity index (χ2v) is 9.69. The van der Waals surface area contributed by atoms with E-state index in [2.05, 4.69) is 45.3 Å². The van der Waals surface area contributed by atoms with Crippen LogP contribution in [0.25, 0.3) is 0 Å². The zero-order chi connectivity index (χ0) is 20.0. The highest BCUT2D eigenvalue weighted by atomic mass is 127. The summed E-state index contributed by atoms with van der Waals surface area (Å²) in [7, 11) is -1.81. The molecule has 1 heterocycles. The number of amides is 1. The topological polar surface area (TPSA) is 87.7 Å². The highest BCUT2D eigenvalue weighted by Gasteiger charge is 2.22. The number of methoxy groups -OCH3 is 1. The SMILES string of the molecule is COc1cc(Cl)c(I)cc1NCC(=O)N1C=C[C@@H](NS(=O)(=O)CCS)CC1. The maximum atomic E-state index is 12.4. The smallest absolute Gasteiger partial charge is 0.245 e. The Morgan fingerprint density at radius 1 is 1.48 bits per heavy atom. The van der Waals surface area contributed by atoms with E-state index in [-0.39, 0.29) is 30.0 Å². The summed E-state index contributed by atoms with van der Waals surface area (Å²) >= 11 is 12.1. The number of rotatable bonds is 8. The van der Waals surface area contributed by atoms with E-state index in [1.807, 2.05) is 6.07 Å². The van der Waals surface area contributed by atoms with E-state index in [0.717, 1.165) is 3.57 Å². The Balaban J connectivity index is 1.93. The van der Waals surface area contributed by atoms with Gasteiger partial charge in [0.25, 0.3) is 0 Å². The second kappa shape index (κ2) is 10.2. The molecule has 11 heteroatoms. The van der Waals surface area contributed by atoms with E-state index in [4.69, 9.17) is 16.3 Å². The molecular formula is C16H21ClIN3O4S2. The number of benzene rings is 1. The molecule has 27 heavy (non-hydrogen) atoms. The van der Waals surface area contributed by atoms with Crippen molar-refractivity contribution in [3.63, 3.8) is 0 Å². The predicted molar refractivity (Wildman–Crippen MR) is 119 cm³/mol. The molecule has 150 valence electrons. The Hall–Kier alpha value is -0.690. The number of nitrogens with zero attached hydrogens (tertiary/aromatic N) is 1. The van der Waals surface area contributed by atoms with Crippen molar-refractivity contribution in [2.24, 2.45) is 0 Å². The molecule has 0 saturated carbocycles. The summed E-state index contributed by atoms with van der Waals surface area (Å²) in [5.74, 6) is 0.653. The van der Waals surface area contributed by atoms with E-state index in [9.17, 15) is 13.2 Å². The number of sulfonamides is 1. The van der Waals surface area contributed by atoms with E-state index in [1.54, 1.807) is 23.2 Å². The van der Waals surface area contributed by atoms with Gasteiger partial charge in [0.1, 0.15) is 5.75 Å². The minimum Gasteiger partial charge on any atom is -0.495 e. The van der Waals surface area contributed by atoms with Crippen molar-refractivity contribution in [3.05, 3.63) is 33.0 Å². The molecule has 0 unspecified atom stereocenters. The van der Waals surface area contributed by atoms with Crippen LogP contribution in [0.2, 0.25) is 5.02 Å². The molecule has 7 nitrogen and oxygen atoms in total. The Morgan fingerprint density at radius 3 is 2.81 bits per heavy atom. The first-order valence-electron chi connectivity index (χ1n) is 8.11. The van der Waals surface area contributed by atoms with Crippen molar-refractivity contribution in [2.75, 3.05) is 37.0 Å². The van der Waals surface area contributed by atoms with Crippen LogP contribution in [0.5, 0.6) is 5.75 Å². The maximum absolute atomic E-state index is 12.4. The van der Waals surface area contributed by atoms with Gasteiger partial charge in [-0.15, -0.1) is 0 Å². The second-order valence-electron chi connectivity index (χ2n) is 5.80. The molecule has 1 amide bonds.